The highest BCUT2D eigenvalue weighted by Gasteiger charge is 2.11. The van der Waals surface area contributed by atoms with Gasteiger partial charge in [0, 0.05) is 0 Å². The first-order valence-corrected chi connectivity index (χ1v) is 6.35. The number of hydrogen-bond donors (Lipinski definition) is 3. The molecule has 0 rings (SSSR count). The van der Waals surface area contributed by atoms with E-state index >= 15 is 0 Å². The molecule has 0 fully saturated rings. The molecule has 96 valence electrons. The highest BCUT2D eigenvalue weighted by atomic mass is 28.4. The lowest BCUT2D eigenvalue weighted by atomic mass is 11.6. The van der Waals surface area contributed by atoms with Gasteiger partial charge in [-0.1, -0.05) is 29.7 Å². The molecule has 5 heteroatoms. The third kappa shape index (κ3) is 89.6. The molecule has 0 aromatic carbocycles. The number of aliphatic hydroxyl groups is 3. The summed E-state index contributed by atoms with van der Waals surface area (Å²) in [4.78, 5) is 0. The van der Waals surface area contributed by atoms with Crippen LogP contribution in [0.5, 0.6) is 0 Å². The maximum Gasteiger partial charge on any atom is 0.186 e. The zero-order valence-electron chi connectivity index (χ0n) is 6.66. The van der Waals surface area contributed by atoms with E-state index in [0.717, 1.165) is 0 Å². The Kier molecular flexibility index (Phi) is 61.0. The van der Waals surface area contributed by atoms with Crippen molar-refractivity contribution >= 4 is 8.32 Å². The normalized spacial score (nSPS) is 7.29. The molecule has 0 radical (unpaired) electrons. The molecule has 0 heterocycles. The molecule has 0 unspecified atom stereocenters. The minimum atomic E-state index is -1.41. The second-order valence-corrected chi connectivity index (χ2v) is 7.04. The fraction of sp³-hybridized carbons (Fsp3) is 1.00. The summed E-state index contributed by atoms with van der Waals surface area (Å²) < 4.78 is 4.92. The maximum atomic E-state index is 8.21. The SMILES string of the molecule is C.C.C.C.C[Si](C)(C)OCO.OCO. The van der Waals surface area contributed by atoms with Gasteiger partial charge in [-0.25, -0.2) is 0 Å². The Morgan fingerprint density at radius 1 is 0.857 bits per heavy atom. The standard InChI is InChI=1S/C4H12O2Si.CH4O2.4CH4/c1-7(2,3)6-4-5;2-1-3;;;;/h5H,4H2,1-3H3;2-3H,1H2;4*1H4. The van der Waals surface area contributed by atoms with Crippen LogP contribution in [0.3, 0.4) is 0 Å². The second-order valence-electron chi connectivity index (χ2n) is 2.53. The van der Waals surface area contributed by atoms with Crippen molar-refractivity contribution < 1.29 is 19.7 Å². The van der Waals surface area contributed by atoms with Crippen LogP contribution < -0.4 is 0 Å². The molecule has 0 spiro atoms. The van der Waals surface area contributed by atoms with Gasteiger partial charge in [-0.05, 0) is 19.6 Å². The Morgan fingerprint density at radius 2 is 1.07 bits per heavy atom. The maximum absolute atomic E-state index is 8.21. The fourth-order valence-corrected chi connectivity index (χ4v) is 0.581. The molecule has 14 heavy (non-hydrogen) atoms. The topological polar surface area (TPSA) is 69.9 Å². The molecule has 0 aromatic heterocycles. The van der Waals surface area contributed by atoms with Gasteiger partial charge in [-0.15, -0.1) is 0 Å². The summed E-state index contributed by atoms with van der Waals surface area (Å²) in [5.74, 6) is 0. The second kappa shape index (κ2) is 23.1. The van der Waals surface area contributed by atoms with E-state index in [9.17, 15) is 0 Å². The number of rotatable bonds is 2. The van der Waals surface area contributed by atoms with E-state index in [1.54, 1.807) is 0 Å². The first-order chi connectivity index (χ1) is 4.47. The zero-order valence-corrected chi connectivity index (χ0v) is 7.66. The minimum Gasteiger partial charge on any atom is -0.396 e. The predicted molar refractivity (Wildman–Crippen MR) is 67.7 cm³/mol. The lowest BCUT2D eigenvalue weighted by molar-refractivity contribution is 0.0773. The van der Waals surface area contributed by atoms with E-state index in [1.165, 1.54) is 0 Å². The Morgan fingerprint density at radius 3 is 1.07 bits per heavy atom. The van der Waals surface area contributed by atoms with Crippen molar-refractivity contribution in [3.8, 4) is 0 Å². The van der Waals surface area contributed by atoms with Gasteiger partial charge < -0.3 is 19.7 Å². The van der Waals surface area contributed by atoms with Crippen molar-refractivity contribution in [2.75, 3.05) is 13.6 Å². The smallest absolute Gasteiger partial charge is 0.186 e. The van der Waals surface area contributed by atoms with Crippen molar-refractivity contribution in [3.05, 3.63) is 0 Å². The van der Waals surface area contributed by atoms with Crippen LogP contribution in [0.4, 0.5) is 0 Å². The third-order valence-corrected chi connectivity index (χ3v) is 1.49. The van der Waals surface area contributed by atoms with Crippen LogP contribution in [0.2, 0.25) is 19.6 Å². The lowest BCUT2D eigenvalue weighted by Gasteiger charge is -2.13. The van der Waals surface area contributed by atoms with Gasteiger partial charge in [-0.3, -0.25) is 0 Å². The summed E-state index contributed by atoms with van der Waals surface area (Å²) in [5.41, 5.74) is 0. The molecule has 0 bridgehead atoms. The van der Waals surface area contributed by atoms with Gasteiger partial charge in [0.25, 0.3) is 0 Å². The van der Waals surface area contributed by atoms with E-state index in [-0.39, 0.29) is 36.5 Å². The van der Waals surface area contributed by atoms with Crippen LogP contribution in [-0.2, 0) is 4.43 Å². The summed E-state index contributed by atoms with van der Waals surface area (Å²) in [6.07, 6.45) is 0. The first kappa shape index (κ1) is 36.9. The average molecular weight is 232 g/mol. The Hall–Kier alpha value is 0.0569. The number of aliphatic hydroxyl groups excluding tert-OH is 2. The average Bonchev–Trinajstić information content (AvgIpc) is 1.63. The van der Waals surface area contributed by atoms with Gasteiger partial charge in [0.15, 0.2) is 8.32 Å². The predicted octanol–water partition coefficient (Wildman–Crippen LogP) is 2.26. The summed E-state index contributed by atoms with van der Waals surface area (Å²) in [7, 11) is -1.41. The monoisotopic (exact) mass is 232 g/mol. The van der Waals surface area contributed by atoms with Crippen molar-refractivity contribution in [3.63, 3.8) is 0 Å². The molecular weight excluding hydrogens is 200 g/mol. The van der Waals surface area contributed by atoms with E-state index in [1.807, 2.05) is 19.6 Å². The van der Waals surface area contributed by atoms with Crippen LogP contribution in [0.1, 0.15) is 29.7 Å². The fourth-order valence-electron chi connectivity index (χ4n) is 0.194. The van der Waals surface area contributed by atoms with Gasteiger partial charge in [0.1, 0.15) is 13.6 Å². The van der Waals surface area contributed by atoms with E-state index in [0.29, 0.717) is 0 Å². The van der Waals surface area contributed by atoms with Crippen LogP contribution in [0, 0.1) is 0 Å². The molecule has 0 aromatic rings. The molecular formula is C9H32O4Si. The number of hydrogen-bond acceptors (Lipinski definition) is 4. The molecule has 0 aliphatic rings. The Bertz CT molecular complexity index is 64.3. The molecule has 3 N–H and O–H groups in total. The van der Waals surface area contributed by atoms with Gasteiger partial charge >= 0.3 is 0 Å². The highest BCUT2D eigenvalue weighted by molar-refractivity contribution is 6.69. The summed E-state index contributed by atoms with van der Waals surface area (Å²) >= 11 is 0. The zero-order chi connectivity index (χ0) is 8.62. The van der Waals surface area contributed by atoms with Crippen molar-refractivity contribution in [2.24, 2.45) is 0 Å². The molecule has 0 atom stereocenters. The van der Waals surface area contributed by atoms with Crippen LogP contribution in [0.15, 0.2) is 0 Å². The molecule has 0 aliphatic carbocycles. The van der Waals surface area contributed by atoms with Gasteiger partial charge in [0.2, 0.25) is 0 Å². The van der Waals surface area contributed by atoms with E-state index in [2.05, 4.69) is 0 Å². The molecule has 0 amide bonds. The molecule has 4 nitrogen and oxygen atoms in total. The van der Waals surface area contributed by atoms with Gasteiger partial charge in [-0.2, -0.15) is 0 Å². The summed E-state index contributed by atoms with van der Waals surface area (Å²) in [6, 6.07) is 0. The largest absolute Gasteiger partial charge is 0.396 e. The quantitative estimate of drug-likeness (QED) is 0.504. The van der Waals surface area contributed by atoms with Crippen molar-refractivity contribution in [1.29, 1.82) is 0 Å². The van der Waals surface area contributed by atoms with E-state index in [4.69, 9.17) is 19.7 Å². The van der Waals surface area contributed by atoms with Crippen LogP contribution in [-0.4, -0.2) is 37.2 Å². The van der Waals surface area contributed by atoms with Gasteiger partial charge in [0.05, 0.1) is 0 Å². The van der Waals surface area contributed by atoms with Crippen LogP contribution in [0.25, 0.3) is 0 Å². The van der Waals surface area contributed by atoms with Crippen molar-refractivity contribution in [1.82, 2.24) is 0 Å². The first-order valence-electron chi connectivity index (χ1n) is 2.94. The lowest BCUT2D eigenvalue weighted by Crippen LogP contribution is -2.25. The van der Waals surface area contributed by atoms with Crippen molar-refractivity contribution in [2.45, 2.75) is 49.3 Å². The summed E-state index contributed by atoms with van der Waals surface area (Å²) in [6.45, 7) is 5.21. The minimum absolute atomic E-state index is 0. The third-order valence-electron chi connectivity index (χ3n) is 0.498. The Balaban J connectivity index is -0.0000000208. The molecule has 0 aliphatic heterocycles. The van der Waals surface area contributed by atoms with Crippen LogP contribution >= 0.6 is 0 Å². The summed E-state index contributed by atoms with van der Waals surface area (Å²) in [5, 5.41) is 22.5. The Labute approximate surface area is 91.7 Å². The van der Waals surface area contributed by atoms with E-state index < -0.39 is 15.1 Å². The molecule has 0 saturated carbocycles. The highest BCUT2D eigenvalue weighted by Crippen LogP contribution is 1.99. The molecule has 0 saturated heterocycles.